The number of rotatable bonds is 8. The van der Waals surface area contributed by atoms with Gasteiger partial charge in [-0.05, 0) is 44.0 Å². The SMILES string of the molecule is CCOC(=O)C1CCCN(C(=O)CN(C)C(=O)c2ccc(S(=O)(=O)NOC)cc2)C1. The fourth-order valence-electron chi connectivity index (χ4n) is 3.19. The van der Waals surface area contributed by atoms with E-state index in [9.17, 15) is 22.8 Å². The van der Waals surface area contributed by atoms with Crippen LogP contribution in [0.3, 0.4) is 0 Å². The monoisotopic (exact) mass is 441 g/mol. The number of nitrogens with one attached hydrogen (secondary N) is 1. The molecule has 1 aliphatic rings. The predicted molar refractivity (Wildman–Crippen MR) is 107 cm³/mol. The molecule has 11 heteroatoms. The third-order valence-corrected chi connectivity index (χ3v) is 6.00. The van der Waals surface area contributed by atoms with Crippen LogP contribution in [-0.4, -0.2) is 76.4 Å². The van der Waals surface area contributed by atoms with Gasteiger partial charge in [0.2, 0.25) is 5.91 Å². The molecule has 1 N–H and O–H groups in total. The van der Waals surface area contributed by atoms with Gasteiger partial charge in [-0.25, -0.2) is 8.42 Å². The number of amides is 2. The van der Waals surface area contributed by atoms with Crippen molar-refractivity contribution in [2.24, 2.45) is 5.92 Å². The molecule has 1 fully saturated rings. The van der Waals surface area contributed by atoms with E-state index in [1.165, 1.54) is 43.3 Å². The van der Waals surface area contributed by atoms with Gasteiger partial charge in [0.05, 0.1) is 31.1 Å². The van der Waals surface area contributed by atoms with Crippen molar-refractivity contribution in [3.05, 3.63) is 29.8 Å². The number of likely N-dealkylation sites (tertiary alicyclic amines) is 1. The lowest BCUT2D eigenvalue weighted by molar-refractivity contribution is -0.151. The van der Waals surface area contributed by atoms with Crippen molar-refractivity contribution < 1.29 is 32.4 Å². The third kappa shape index (κ3) is 6.00. The predicted octanol–water partition coefficient (Wildman–Crippen LogP) is 0.400. The lowest BCUT2D eigenvalue weighted by Gasteiger charge is -2.32. The number of likely N-dealkylation sites (N-methyl/N-ethyl adjacent to an activating group) is 1. The number of benzene rings is 1. The van der Waals surface area contributed by atoms with Gasteiger partial charge in [0.1, 0.15) is 0 Å². The van der Waals surface area contributed by atoms with Crippen LogP contribution in [0.15, 0.2) is 29.2 Å². The summed E-state index contributed by atoms with van der Waals surface area (Å²) < 4.78 is 28.8. The molecule has 166 valence electrons. The number of hydrogen-bond donors (Lipinski definition) is 1. The molecule has 1 aliphatic heterocycles. The van der Waals surface area contributed by atoms with Crippen LogP contribution in [0.1, 0.15) is 30.1 Å². The zero-order valence-electron chi connectivity index (χ0n) is 17.3. The summed E-state index contributed by atoms with van der Waals surface area (Å²) in [5.41, 5.74) is 0.240. The van der Waals surface area contributed by atoms with E-state index >= 15 is 0 Å². The first-order chi connectivity index (χ1) is 14.2. The number of hydrogen-bond acceptors (Lipinski definition) is 7. The highest BCUT2D eigenvalue weighted by Crippen LogP contribution is 2.18. The number of piperidine rings is 1. The smallest absolute Gasteiger partial charge is 0.310 e. The molecule has 0 saturated carbocycles. The molecule has 0 bridgehead atoms. The summed E-state index contributed by atoms with van der Waals surface area (Å²) in [5.74, 6) is -1.34. The van der Waals surface area contributed by atoms with E-state index in [2.05, 4.69) is 4.84 Å². The Labute approximate surface area is 176 Å². The third-order valence-electron chi connectivity index (χ3n) is 4.72. The largest absolute Gasteiger partial charge is 0.466 e. The molecule has 1 aromatic rings. The molecule has 1 heterocycles. The maximum absolute atomic E-state index is 12.6. The van der Waals surface area contributed by atoms with Gasteiger partial charge in [-0.1, -0.05) is 4.89 Å². The minimum absolute atomic E-state index is 0.0575. The van der Waals surface area contributed by atoms with Crippen molar-refractivity contribution in [2.75, 3.05) is 40.4 Å². The molecular formula is C19H27N3O7S. The van der Waals surface area contributed by atoms with Crippen LogP contribution in [0.2, 0.25) is 0 Å². The van der Waals surface area contributed by atoms with Crippen LogP contribution in [0.25, 0.3) is 0 Å². The van der Waals surface area contributed by atoms with Gasteiger partial charge < -0.3 is 14.5 Å². The van der Waals surface area contributed by atoms with Gasteiger partial charge in [0.25, 0.3) is 15.9 Å². The van der Waals surface area contributed by atoms with E-state index in [1.54, 1.807) is 11.8 Å². The van der Waals surface area contributed by atoms with Gasteiger partial charge in [-0.2, -0.15) is 0 Å². The van der Waals surface area contributed by atoms with Crippen molar-refractivity contribution in [3.63, 3.8) is 0 Å². The Kier molecular flexibility index (Phi) is 8.33. The highest BCUT2D eigenvalue weighted by Gasteiger charge is 2.30. The minimum Gasteiger partial charge on any atom is -0.466 e. The van der Waals surface area contributed by atoms with E-state index < -0.39 is 15.9 Å². The summed E-state index contributed by atoms with van der Waals surface area (Å²) in [6, 6.07) is 5.29. The molecule has 1 unspecified atom stereocenters. The zero-order valence-corrected chi connectivity index (χ0v) is 18.1. The number of ether oxygens (including phenoxy) is 1. The van der Waals surface area contributed by atoms with E-state index in [4.69, 9.17) is 4.74 Å². The first kappa shape index (κ1) is 23.8. The first-order valence-corrected chi connectivity index (χ1v) is 11.0. The molecule has 0 aromatic heterocycles. The van der Waals surface area contributed by atoms with Gasteiger partial charge in [-0.15, -0.1) is 0 Å². The van der Waals surface area contributed by atoms with Gasteiger partial charge in [0.15, 0.2) is 0 Å². The first-order valence-electron chi connectivity index (χ1n) is 9.54. The summed E-state index contributed by atoms with van der Waals surface area (Å²) in [6.45, 7) is 2.68. The fraction of sp³-hybridized carbons (Fsp3) is 0.526. The molecule has 0 radical (unpaired) electrons. The second-order valence-electron chi connectivity index (χ2n) is 6.91. The molecule has 0 spiro atoms. The van der Waals surface area contributed by atoms with E-state index in [0.717, 1.165) is 0 Å². The lowest BCUT2D eigenvalue weighted by atomic mass is 9.98. The minimum atomic E-state index is -3.82. The van der Waals surface area contributed by atoms with Gasteiger partial charge in [0, 0.05) is 25.7 Å². The van der Waals surface area contributed by atoms with Crippen LogP contribution in [-0.2, 0) is 29.2 Å². The number of carbonyl (C=O) groups is 3. The molecule has 10 nitrogen and oxygen atoms in total. The highest BCUT2D eigenvalue weighted by atomic mass is 32.2. The Morgan fingerprint density at radius 1 is 1.23 bits per heavy atom. The molecule has 0 aliphatic carbocycles. The van der Waals surface area contributed by atoms with E-state index in [-0.39, 0.29) is 41.3 Å². The maximum Gasteiger partial charge on any atom is 0.310 e. The summed E-state index contributed by atoms with van der Waals surface area (Å²) in [6.07, 6.45) is 1.36. The molecular weight excluding hydrogens is 414 g/mol. The summed E-state index contributed by atoms with van der Waals surface area (Å²) >= 11 is 0. The van der Waals surface area contributed by atoms with E-state index in [1.807, 2.05) is 4.89 Å². The molecule has 1 atom stereocenters. The van der Waals surface area contributed by atoms with Crippen molar-refractivity contribution in [2.45, 2.75) is 24.7 Å². The maximum atomic E-state index is 12.6. The molecule has 2 amide bonds. The molecule has 1 saturated heterocycles. The lowest BCUT2D eigenvalue weighted by Crippen LogP contribution is -2.47. The Bertz CT molecular complexity index is 871. The zero-order chi connectivity index (χ0) is 22.3. The Morgan fingerprint density at radius 2 is 1.90 bits per heavy atom. The van der Waals surface area contributed by atoms with Gasteiger partial charge in [-0.3, -0.25) is 19.2 Å². The molecule has 2 rings (SSSR count). The van der Waals surface area contributed by atoms with Gasteiger partial charge >= 0.3 is 5.97 Å². The number of nitrogens with zero attached hydrogens (tertiary/aromatic N) is 2. The quantitative estimate of drug-likeness (QED) is 0.458. The summed E-state index contributed by atoms with van der Waals surface area (Å²) in [5, 5.41) is 0. The van der Waals surface area contributed by atoms with Crippen molar-refractivity contribution in [1.29, 1.82) is 0 Å². The topological polar surface area (TPSA) is 122 Å². The van der Waals surface area contributed by atoms with Crippen molar-refractivity contribution >= 4 is 27.8 Å². The fourth-order valence-corrected chi connectivity index (χ4v) is 4.00. The van der Waals surface area contributed by atoms with Crippen LogP contribution < -0.4 is 4.89 Å². The summed E-state index contributed by atoms with van der Waals surface area (Å²) in [4.78, 5) is 46.2. The van der Waals surface area contributed by atoms with Crippen molar-refractivity contribution in [1.82, 2.24) is 14.7 Å². The summed E-state index contributed by atoms with van der Waals surface area (Å²) in [7, 11) is -1.15. The van der Waals surface area contributed by atoms with Crippen LogP contribution in [0.5, 0.6) is 0 Å². The highest BCUT2D eigenvalue weighted by molar-refractivity contribution is 7.89. The molecule has 30 heavy (non-hydrogen) atoms. The van der Waals surface area contributed by atoms with Crippen LogP contribution >= 0.6 is 0 Å². The van der Waals surface area contributed by atoms with Crippen molar-refractivity contribution in [3.8, 4) is 0 Å². The molecule has 1 aromatic carbocycles. The number of sulfonamides is 1. The average molecular weight is 442 g/mol. The number of carbonyl (C=O) groups excluding carboxylic acids is 3. The normalized spacial score (nSPS) is 16.8. The Balaban J connectivity index is 1.98. The standard InChI is InChI=1S/C19H27N3O7S/c1-4-29-19(25)15-6-5-11-22(12-15)17(23)13-21(2)18(24)14-7-9-16(10-8-14)30(26,27)20-28-3/h7-10,15,20H,4-6,11-13H2,1-3H3. The van der Waals surface area contributed by atoms with Crippen LogP contribution in [0, 0.1) is 5.92 Å². The average Bonchev–Trinajstić information content (AvgIpc) is 2.73. The van der Waals surface area contributed by atoms with E-state index in [0.29, 0.717) is 26.0 Å². The second-order valence-corrected chi connectivity index (χ2v) is 8.55. The Morgan fingerprint density at radius 3 is 2.50 bits per heavy atom. The number of esters is 1. The Hall–Kier alpha value is -2.50. The van der Waals surface area contributed by atoms with Crippen LogP contribution in [0.4, 0.5) is 0 Å². The second kappa shape index (κ2) is 10.5.